The van der Waals surface area contributed by atoms with Gasteiger partial charge in [-0.2, -0.15) is 0 Å². The van der Waals surface area contributed by atoms with Crippen LogP contribution in [0.2, 0.25) is 0 Å². The summed E-state index contributed by atoms with van der Waals surface area (Å²) in [6.45, 7) is 13.1. The molecule has 2 nitrogen and oxygen atoms in total. The first-order valence-electron chi connectivity index (χ1n) is 8.78. The maximum absolute atomic E-state index is 13.6. The quantitative estimate of drug-likeness (QED) is 0.223. The van der Waals surface area contributed by atoms with Gasteiger partial charge in [0.2, 0.25) is 0 Å². The molecule has 0 radical (unpaired) electrons. The number of carbonyl (C=O) groups excluding carboxylic acids is 1. The summed E-state index contributed by atoms with van der Waals surface area (Å²) in [4.78, 5) is 13.6. The SMILES string of the molecule is CC(C)(C)[PH+](C(C)(C)C)C([NH-])(C(=O)c1ccccc1)c1ccccc1.[CH3-].[Ni+2]. The predicted molar refractivity (Wildman–Crippen MR) is 117 cm³/mol. The van der Waals surface area contributed by atoms with Crippen molar-refractivity contribution in [2.45, 2.75) is 57.1 Å². The number of benzene rings is 2. The van der Waals surface area contributed by atoms with Crippen LogP contribution in [0.4, 0.5) is 0 Å². The molecule has 0 saturated heterocycles. The van der Waals surface area contributed by atoms with Crippen molar-refractivity contribution in [1.82, 2.24) is 0 Å². The summed E-state index contributed by atoms with van der Waals surface area (Å²) in [5.41, 5.74) is 11.0. The fraction of sp³-hybridized carbons (Fsp3) is 0.391. The Morgan fingerprint density at radius 2 is 1.15 bits per heavy atom. The molecule has 1 unspecified atom stereocenters. The minimum Gasteiger partial charge on any atom is -0.627 e. The summed E-state index contributed by atoms with van der Waals surface area (Å²) in [5.74, 6) is -0.0851. The third-order valence-electron chi connectivity index (χ3n) is 4.46. The van der Waals surface area contributed by atoms with Crippen molar-refractivity contribution in [3.63, 3.8) is 0 Å². The van der Waals surface area contributed by atoms with E-state index in [0.29, 0.717) is 5.56 Å². The van der Waals surface area contributed by atoms with E-state index in [2.05, 4.69) is 41.5 Å². The molecule has 2 aromatic carbocycles. The molecule has 0 aliphatic carbocycles. The Hall–Kier alpha value is -1.01. The summed E-state index contributed by atoms with van der Waals surface area (Å²) >= 11 is 0. The molecule has 0 aromatic heterocycles. The second kappa shape index (κ2) is 9.46. The average molecular weight is 429 g/mol. The van der Waals surface area contributed by atoms with Gasteiger partial charge in [0.15, 0.2) is 5.78 Å². The molecule has 27 heavy (non-hydrogen) atoms. The van der Waals surface area contributed by atoms with E-state index < -0.39 is 13.2 Å². The molecule has 0 bridgehead atoms. The molecule has 0 saturated carbocycles. The number of ketones is 1. The van der Waals surface area contributed by atoms with Crippen molar-refractivity contribution in [3.8, 4) is 0 Å². The van der Waals surface area contributed by atoms with Gasteiger partial charge in [0.25, 0.3) is 0 Å². The Balaban J connectivity index is 0.00000338. The zero-order valence-electron chi connectivity index (χ0n) is 17.5. The first-order valence-corrected chi connectivity index (χ1v) is 10.3. The maximum Gasteiger partial charge on any atom is 2.00 e. The first-order chi connectivity index (χ1) is 11.5. The van der Waals surface area contributed by atoms with Crippen molar-refractivity contribution < 1.29 is 21.3 Å². The zero-order valence-corrected chi connectivity index (χ0v) is 19.5. The van der Waals surface area contributed by atoms with E-state index in [9.17, 15) is 10.5 Å². The van der Waals surface area contributed by atoms with Crippen molar-refractivity contribution in [2.75, 3.05) is 0 Å². The van der Waals surface area contributed by atoms with Crippen molar-refractivity contribution >= 4 is 13.7 Å². The van der Waals surface area contributed by atoms with Crippen LogP contribution >= 0.6 is 7.92 Å². The van der Waals surface area contributed by atoms with Gasteiger partial charge in [-0.05, 0) is 47.1 Å². The third-order valence-corrected chi connectivity index (χ3v) is 8.72. The van der Waals surface area contributed by atoms with E-state index in [0.717, 1.165) is 5.56 Å². The smallest absolute Gasteiger partial charge is 0.627 e. The molecule has 0 heterocycles. The Bertz CT molecular complexity index is 706. The molecule has 4 heteroatoms. The number of hydrogen-bond acceptors (Lipinski definition) is 1. The largest absolute Gasteiger partial charge is 2.00 e. The van der Waals surface area contributed by atoms with Gasteiger partial charge in [-0.25, -0.2) is 0 Å². The van der Waals surface area contributed by atoms with E-state index in [1.165, 1.54) is 0 Å². The summed E-state index contributed by atoms with van der Waals surface area (Å²) in [6, 6.07) is 19.0. The van der Waals surface area contributed by atoms with Gasteiger partial charge in [0.05, 0.1) is 15.6 Å². The van der Waals surface area contributed by atoms with E-state index in [1.807, 2.05) is 60.7 Å². The number of hydrogen-bond donors (Lipinski definition) is 0. The van der Waals surface area contributed by atoms with Crippen LogP contribution in [0.5, 0.6) is 0 Å². The molecule has 0 aliphatic rings. The van der Waals surface area contributed by atoms with E-state index in [-0.39, 0.29) is 40.0 Å². The Morgan fingerprint density at radius 1 is 0.778 bits per heavy atom. The summed E-state index contributed by atoms with van der Waals surface area (Å²) in [6.07, 6.45) is 0. The van der Waals surface area contributed by atoms with Crippen LogP contribution in [0.3, 0.4) is 0 Å². The first kappa shape index (κ1) is 26.0. The van der Waals surface area contributed by atoms with Gasteiger partial charge in [-0.15, -0.1) is 0 Å². The van der Waals surface area contributed by atoms with Crippen LogP contribution in [0, 0.1) is 7.43 Å². The van der Waals surface area contributed by atoms with Gasteiger partial charge < -0.3 is 13.2 Å². The van der Waals surface area contributed by atoms with Crippen molar-refractivity contribution in [1.29, 1.82) is 0 Å². The Morgan fingerprint density at radius 3 is 1.52 bits per heavy atom. The predicted octanol–water partition coefficient (Wildman–Crippen LogP) is 7.03. The molecule has 2 aromatic rings. The van der Waals surface area contributed by atoms with Crippen LogP contribution in [-0.2, 0) is 21.8 Å². The standard InChI is InChI=1S/C22H29NOP.CH3.Ni/c1-20(2,3)25(21(4,5)6)22(23,18-15-11-8-12-16-18)19(24)17-13-9-7-10-14-17;;/h7-16,23H,1-6H3;1H3;/q2*-1;+2/p+1. The maximum atomic E-state index is 13.6. The summed E-state index contributed by atoms with van der Waals surface area (Å²) < 4.78 is 0. The van der Waals surface area contributed by atoms with Gasteiger partial charge in [-0.1, -0.05) is 60.7 Å². The molecule has 0 amide bonds. The zero-order chi connectivity index (χ0) is 18.9. The minimum absolute atomic E-state index is 0. The van der Waals surface area contributed by atoms with E-state index in [4.69, 9.17) is 0 Å². The topological polar surface area (TPSA) is 40.9 Å². The molecule has 0 fully saturated rings. The Labute approximate surface area is 177 Å². The van der Waals surface area contributed by atoms with Gasteiger partial charge in [-0.3, -0.25) is 4.79 Å². The van der Waals surface area contributed by atoms with E-state index >= 15 is 0 Å². The molecular formula is C23H33NNiOP+. The third kappa shape index (κ3) is 5.51. The van der Waals surface area contributed by atoms with Gasteiger partial charge in [0.1, 0.15) is 0 Å². The van der Waals surface area contributed by atoms with Crippen LogP contribution in [0.25, 0.3) is 5.73 Å². The second-order valence-corrected chi connectivity index (χ2v) is 13.2. The van der Waals surface area contributed by atoms with Crippen LogP contribution in [0.15, 0.2) is 60.7 Å². The molecule has 1 atom stereocenters. The van der Waals surface area contributed by atoms with Gasteiger partial charge in [0, 0.05) is 13.5 Å². The van der Waals surface area contributed by atoms with Crippen LogP contribution in [0.1, 0.15) is 57.5 Å². The van der Waals surface area contributed by atoms with Crippen molar-refractivity contribution in [2.24, 2.45) is 0 Å². The molecule has 150 valence electrons. The Kier molecular flexibility index (Phi) is 9.11. The van der Waals surface area contributed by atoms with E-state index in [1.54, 1.807) is 0 Å². The average Bonchev–Trinajstić information content (AvgIpc) is 2.53. The minimum atomic E-state index is -1.49. The van der Waals surface area contributed by atoms with Gasteiger partial charge >= 0.3 is 16.5 Å². The molecule has 2 rings (SSSR count). The number of carbonyl (C=O) groups is 1. The second-order valence-electron chi connectivity index (χ2n) is 8.69. The fourth-order valence-electron chi connectivity index (χ4n) is 4.13. The number of nitrogens with one attached hydrogen (secondary N) is 1. The molecular weight excluding hydrogens is 396 g/mol. The van der Waals surface area contributed by atoms with Crippen molar-refractivity contribution in [3.05, 3.63) is 85.0 Å². The van der Waals surface area contributed by atoms with Crippen LogP contribution < -0.4 is 0 Å². The molecule has 0 spiro atoms. The fourth-order valence-corrected chi connectivity index (χ4v) is 9.46. The van der Waals surface area contributed by atoms with Crippen LogP contribution in [-0.4, -0.2) is 16.1 Å². The molecule has 0 aliphatic heterocycles. The summed E-state index contributed by atoms with van der Waals surface area (Å²) in [5, 5.41) is -1.46. The number of Topliss-reactive ketones (excluding diaryl/α,β-unsaturated/α-hetero) is 1. The number of rotatable bonds is 4. The monoisotopic (exact) mass is 428 g/mol. The normalized spacial score (nSPS) is 13.9. The molecule has 1 N–H and O–H groups in total. The summed E-state index contributed by atoms with van der Waals surface area (Å²) in [7, 11) is -1.49.